The van der Waals surface area contributed by atoms with Gasteiger partial charge in [0, 0.05) is 35.3 Å². The highest BCUT2D eigenvalue weighted by molar-refractivity contribution is 7.80. The maximum atomic E-state index is 11.8. The van der Waals surface area contributed by atoms with E-state index in [0.29, 0.717) is 16.7 Å². The number of carbonyl (C=O) groups excluding carboxylic acids is 1. The SMILES string of the molecule is COC(=O)CCN1C(=S)N[C@@H](c2ccccn2)[C@@H]1c1cccn1-c1cccc(Cl)c1. The van der Waals surface area contributed by atoms with E-state index in [9.17, 15) is 4.79 Å². The van der Waals surface area contributed by atoms with Crippen LogP contribution in [-0.2, 0) is 9.53 Å². The molecule has 1 aliphatic heterocycles. The molecule has 154 valence electrons. The van der Waals surface area contributed by atoms with Crippen molar-refractivity contribution in [2.45, 2.75) is 18.5 Å². The predicted octanol–water partition coefficient (Wildman–Crippen LogP) is 4.06. The van der Waals surface area contributed by atoms with Crippen molar-refractivity contribution in [3.63, 3.8) is 0 Å². The third-order valence-electron chi connectivity index (χ3n) is 5.15. The molecule has 0 radical (unpaired) electrons. The second-order valence-electron chi connectivity index (χ2n) is 6.93. The molecule has 2 aromatic heterocycles. The number of esters is 1. The highest BCUT2D eigenvalue weighted by atomic mass is 35.5. The molecule has 0 saturated carbocycles. The first-order valence-corrected chi connectivity index (χ1v) is 10.3. The van der Waals surface area contributed by atoms with Crippen molar-refractivity contribution < 1.29 is 9.53 Å². The van der Waals surface area contributed by atoms with Gasteiger partial charge in [0.15, 0.2) is 5.11 Å². The Kier molecular flexibility index (Phi) is 6.01. The molecule has 4 rings (SSSR count). The number of nitrogens with one attached hydrogen (secondary N) is 1. The maximum Gasteiger partial charge on any atom is 0.307 e. The Morgan fingerprint density at radius 2 is 2.10 bits per heavy atom. The van der Waals surface area contributed by atoms with Crippen LogP contribution in [-0.4, -0.2) is 39.2 Å². The highest BCUT2D eigenvalue weighted by Gasteiger charge is 2.41. The lowest BCUT2D eigenvalue weighted by Gasteiger charge is -2.28. The first-order chi connectivity index (χ1) is 14.6. The summed E-state index contributed by atoms with van der Waals surface area (Å²) in [6, 6.07) is 17.2. The maximum absolute atomic E-state index is 11.8. The zero-order chi connectivity index (χ0) is 21.1. The number of rotatable bonds is 6. The summed E-state index contributed by atoms with van der Waals surface area (Å²) < 4.78 is 6.92. The molecule has 8 heteroatoms. The number of halogens is 1. The van der Waals surface area contributed by atoms with Gasteiger partial charge in [0.1, 0.15) is 0 Å². The number of carbonyl (C=O) groups is 1. The van der Waals surface area contributed by atoms with Crippen LogP contribution in [0.1, 0.15) is 29.9 Å². The zero-order valence-electron chi connectivity index (χ0n) is 16.4. The van der Waals surface area contributed by atoms with Crippen molar-refractivity contribution in [3.8, 4) is 5.69 Å². The summed E-state index contributed by atoms with van der Waals surface area (Å²) in [7, 11) is 1.39. The number of ether oxygens (including phenoxy) is 1. The largest absolute Gasteiger partial charge is 0.469 e. The van der Waals surface area contributed by atoms with Gasteiger partial charge in [-0.25, -0.2) is 0 Å². The predicted molar refractivity (Wildman–Crippen MR) is 120 cm³/mol. The van der Waals surface area contributed by atoms with Gasteiger partial charge in [0.2, 0.25) is 0 Å². The lowest BCUT2D eigenvalue weighted by Crippen LogP contribution is -2.32. The number of nitrogens with zero attached hydrogens (tertiary/aromatic N) is 3. The Balaban J connectivity index is 1.76. The number of thiocarbonyl (C=S) groups is 1. The van der Waals surface area contributed by atoms with E-state index in [4.69, 9.17) is 28.6 Å². The topological polar surface area (TPSA) is 59.4 Å². The van der Waals surface area contributed by atoms with Gasteiger partial charge in [-0.1, -0.05) is 23.7 Å². The summed E-state index contributed by atoms with van der Waals surface area (Å²) in [5.74, 6) is -0.275. The van der Waals surface area contributed by atoms with E-state index in [1.165, 1.54) is 7.11 Å². The summed E-state index contributed by atoms with van der Waals surface area (Å²) in [4.78, 5) is 18.4. The molecule has 0 aliphatic carbocycles. The molecule has 3 aromatic rings. The second kappa shape index (κ2) is 8.85. The Bertz CT molecular complexity index is 1060. The first kappa shape index (κ1) is 20.4. The van der Waals surface area contributed by atoms with Crippen molar-refractivity contribution in [2.24, 2.45) is 0 Å². The van der Waals surface area contributed by atoms with Crippen LogP contribution in [0.5, 0.6) is 0 Å². The molecule has 1 saturated heterocycles. The molecule has 0 spiro atoms. The van der Waals surface area contributed by atoms with Gasteiger partial charge in [-0.15, -0.1) is 0 Å². The molecule has 1 aliphatic rings. The summed E-state index contributed by atoms with van der Waals surface area (Å²) in [6.45, 7) is 0.438. The van der Waals surface area contributed by atoms with E-state index in [1.54, 1.807) is 6.20 Å². The molecule has 3 heterocycles. The van der Waals surface area contributed by atoms with Gasteiger partial charge in [-0.3, -0.25) is 9.78 Å². The fourth-order valence-electron chi connectivity index (χ4n) is 3.78. The van der Waals surface area contributed by atoms with E-state index in [1.807, 2.05) is 59.6 Å². The molecule has 2 atom stereocenters. The molecule has 30 heavy (non-hydrogen) atoms. The standard InChI is InChI=1S/C22H21ClN4O2S/c1-29-19(28)10-13-27-21(20(25-22(27)30)17-8-2-3-11-24-17)18-9-5-12-26(18)16-7-4-6-15(23)14-16/h2-9,11-12,14,20-21H,10,13H2,1H3,(H,25,30)/t20-,21-/m0/s1. The minimum atomic E-state index is -0.275. The molecular formula is C22H21ClN4O2S. The van der Waals surface area contributed by atoms with Crippen molar-refractivity contribution >= 4 is 34.9 Å². The average Bonchev–Trinajstić information content (AvgIpc) is 3.36. The normalized spacial score (nSPS) is 18.3. The summed E-state index contributed by atoms with van der Waals surface area (Å²) >= 11 is 11.9. The Morgan fingerprint density at radius 1 is 1.23 bits per heavy atom. The summed E-state index contributed by atoms with van der Waals surface area (Å²) in [6.07, 6.45) is 4.00. The molecule has 0 unspecified atom stereocenters. The average molecular weight is 441 g/mol. The quantitative estimate of drug-likeness (QED) is 0.460. The lowest BCUT2D eigenvalue weighted by atomic mass is 10.0. The number of methoxy groups -OCH3 is 1. The van der Waals surface area contributed by atoms with Gasteiger partial charge in [-0.2, -0.15) is 0 Å². The Hall–Kier alpha value is -2.90. The zero-order valence-corrected chi connectivity index (χ0v) is 17.9. The van der Waals surface area contributed by atoms with Crippen LogP contribution < -0.4 is 5.32 Å². The molecule has 1 aromatic carbocycles. The summed E-state index contributed by atoms with van der Waals surface area (Å²) in [5, 5.41) is 4.64. The number of aromatic nitrogens is 2. The number of hydrogen-bond donors (Lipinski definition) is 1. The molecule has 1 N–H and O–H groups in total. The highest BCUT2D eigenvalue weighted by Crippen LogP contribution is 2.39. The van der Waals surface area contributed by atoms with Crippen LogP contribution in [0.3, 0.4) is 0 Å². The molecule has 1 fully saturated rings. The van der Waals surface area contributed by atoms with E-state index < -0.39 is 0 Å². The van der Waals surface area contributed by atoms with E-state index >= 15 is 0 Å². The smallest absolute Gasteiger partial charge is 0.307 e. The van der Waals surface area contributed by atoms with E-state index in [0.717, 1.165) is 17.1 Å². The van der Waals surface area contributed by atoms with E-state index in [2.05, 4.69) is 20.9 Å². The lowest BCUT2D eigenvalue weighted by molar-refractivity contribution is -0.140. The Morgan fingerprint density at radius 3 is 2.83 bits per heavy atom. The third kappa shape index (κ3) is 4.04. The Labute approximate surface area is 185 Å². The first-order valence-electron chi connectivity index (χ1n) is 9.56. The summed E-state index contributed by atoms with van der Waals surface area (Å²) in [5.41, 5.74) is 2.85. The van der Waals surface area contributed by atoms with Crippen LogP contribution in [0.4, 0.5) is 0 Å². The van der Waals surface area contributed by atoms with Gasteiger partial charge < -0.3 is 19.5 Å². The van der Waals surface area contributed by atoms with Gasteiger partial charge in [-0.05, 0) is 54.7 Å². The minimum absolute atomic E-state index is 0.161. The number of benzene rings is 1. The van der Waals surface area contributed by atoms with Crippen molar-refractivity contribution in [3.05, 3.63) is 83.4 Å². The van der Waals surface area contributed by atoms with Crippen LogP contribution in [0.15, 0.2) is 67.0 Å². The minimum Gasteiger partial charge on any atom is -0.469 e. The van der Waals surface area contributed by atoms with E-state index in [-0.39, 0.29) is 24.5 Å². The van der Waals surface area contributed by atoms with Crippen molar-refractivity contribution in [1.29, 1.82) is 0 Å². The molecule has 0 amide bonds. The molecular weight excluding hydrogens is 420 g/mol. The molecule has 0 bridgehead atoms. The molecule has 6 nitrogen and oxygen atoms in total. The van der Waals surface area contributed by atoms with Crippen molar-refractivity contribution in [2.75, 3.05) is 13.7 Å². The monoisotopic (exact) mass is 440 g/mol. The van der Waals surface area contributed by atoms with Crippen molar-refractivity contribution in [1.82, 2.24) is 19.8 Å². The fourth-order valence-corrected chi connectivity index (χ4v) is 4.29. The fraction of sp³-hybridized carbons (Fsp3) is 0.227. The van der Waals surface area contributed by atoms with Gasteiger partial charge in [0.05, 0.1) is 31.3 Å². The van der Waals surface area contributed by atoms with Crippen LogP contribution in [0.2, 0.25) is 5.02 Å². The van der Waals surface area contributed by atoms with Gasteiger partial charge in [0.25, 0.3) is 0 Å². The van der Waals surface area contributed by atoms with Crippen LogP contribution in [0.25, 0.3) is 5.69 Å². The van der Waals surface area contributed by atoms with Gasteiger partial charge >= 0.3 is 5.97 Å². The second-order valence-corrected chi connectivity index (χ2v) is 7.75. The number of pyridine rings is 1. The number of hydrogen-bond acceptors (Lipinski definition) is 4. The third-order valence-corrected chi connectivity index (χ3v) is 5.74. The van der Waals surface area contributed by atoms with Crippen LogP contribution >= 0.6 is 23.8 Å². The van der Waals surface area contributed by atoms with Crippen LogP contribution in [0, 0.1) is 0 Å².